The van der Waals surface area contributed by atoms with Crippen LogP contribution in [0.4, 0.5) is 11.4 Å². The molecule has 2 saturated heterocycles. The predicted octanol–water partition coefficient (Wildman–Crippen LogP) is 4.06. The summed E-state index contributed by atoms with van der Waals surface area (Å²) >= 11 is 3.52. The van der Waals surface area contributed by atoms with E-state index in [1.54, 1.807) is 0 Å². The highest BCUT2D eigenvalue weighted by Gasteiger charge is 2.44. The van der Waals surface area contributed by atoms with Crippen molar-refractivity contribution in [3.8, 4) is 0 Å². The maximum atomic E-state index is 5.64. The van der Waals surface area contributed by atoms with Gasteiger partial charge in [0.2, 0.25) is 0 Å². The molecule has 2 heterocycles. The van der Waals surface area contributed by atoms with Crippen molar-refractivity contribution in [3.63, 3.8) is 0 Å². The molecule has 2 aliphatic heterocycles. The Hall–Kier alpha value is -1.52. The molecule has 25 heavy (non-hydrogen) atoms. The fourth-order valence-corrected chi connectivity index (χ4v) is 4.46. The molecule has 2 aromatic rings. The molecular weight excluding hydrogens is 374 g/mol. The Labute approximate surface area is 158 Å². The van der Waals surface area contributed by atoms with Crippen molar-refractivity contribution in [3.05, 3.63) is 58.6 Å². The van der Waals surface area contributed by atoms with E-state index in [0.29, 0.717) is 5.41 Å². The molecule has 2 aromatic carbocycles. The molecule has 0 radical (unpaired) electrons. The van der Waals surface area contributed by atoms with Gasteiger partial charge >= 0.3 is 0 Å². The van der Waals surface area contributed by atoms with Crippen molar-refractivity contribution < 1.29 is 0 Å². The van der Waals surface area contributed by atoms with Crippen molar-refractivity contribution in [1.29, 1.82) is 0 Å². The Kier molecular flexibility index (Phi) is 4.74. The molecule has 0 aliphatic carbocycles. The molecule has 0 saturated carbocycles. The number of hydrogen-bond acceptors (Lipinski definition) is 3. The van der Waals surface area contributed by atoms with Gasteiger partial charge < -0.3 is 15.5 Å². The van der Waals surface area contributed by atoms with E-state index in [1.165, 1.54) is 56.0 Å². The first-order chi connectivity index (χ1) is 12.2. The number of halogens is 1. The second-order valence-corrected chi connectivity index (χ2v) is 8.44. The minimum Gasteiger partial charge on any atom is -0.371 e. The SMILES string of the molecule is NCCc1ccc(N2CCC3(CC2)CN(c2ccc(Br)cc2)C3)cc1. The van der Waals surface area contributed by atoms with Crippen LogP contribution in [0.5, 0.6) is 0 Å². The zero-order chi connectivity index (χ0) is 17.3. The largest absolute Gasteiger partial charge is 0.371 e. The Morgan fingerprint density at radius 1 is 0.840 bits per heavy atom. The molecule has 0 unspecified atom stereocenters. The van der Waals surface area contributed by atoms with Crippen LogP contribution in [0.15, 0.2) is 53.0 Å². The Morgan fingerprint density at radius 3 is 2.00 bits per heavy atom. The van der Waals surface area contributed by atoms with E-state index in [-0.39, 0.29) is 0 Å². The van der Waals surface area contributed by atoms with Crippen LogP contribution in [0.2, 0.25) is 0 Å². The van der Waals surface area contributed by atoms with E-state index >= 15 is 0 Å². The number of piperidine rings is 1. The minimum absolute atomic E-state index is 0.531. The second kappa shape index (κ2) is 7.00. The third-order valence-electron chi connectivity index (χ3n) is 5.80. The highest BCUT2D eigenvalue weighted by Crippen LogP contribution is 2.43. The monoisotopic (exact) mass is 399 g/mol. The lowest BCUT2D eigenvalue weighted by molar-refractivity contribution is 0.162. The minimum atomic E-state index is 0.531. The summed E-state index contributed by atoms with van der Waals surface area (Å²) in [7, 11) is 0. The molecule has 0 atom stereocenters. The van der Waals surface area contributed by atoms with Gasteiger partial charge in [-0.05, 0) is 67.8 Å². The average Bonchev–Trinajstić information content (AvgIpc) is 2.62. The standard InChI is InChI=1S/C21H26BrN3/c22-18-3-7-20(8-4-18)25-15-21(16-25)10-13-24(14-11-21)19-5-1-17(2-6-19)9-12-23/h1-8H,9-16,23H2. The van der Waals surface area contributed by atoms with E-state index in [0.717, 1.165) is 17.4 Å². The number of anilines is 2. The van der Waals surface area contributed by atoms with Gasteiger partial charge in [0.25, 0.3) is 0 Å². The van der Waals surface area contributed by atoms with Crippen molar-refractivity contribution in [2.75, 3.05) is 42.5 Å². The summed E-state index contributed by atoms with van der Waals surface area (Å²) in [6.07, 6.45) is 3.56. The number of nitrogens with two attached hydrogens (primary N) is 1. The van der Waals surface area contributed by atoms with Crippen LogP contribution in [-0.4, -0.2) is 32.7 Å². The lowest BCUT2D eigenvalue weighted by Gasteiger charge is -2.55. The molecule has 0 aromatic heterocycles. The smallest absolute Gasteiger partial charge is 0.0367 e. The zero-order valence-electron chi connectivity index (χ0n) is 14.6. The van der Waals surface area contributed by atoms with Crippen LogP contribution in [-0.2, 0) is 6.42 Å². The first-order valence-electron chi connectivity index (χ1n) is 9.22. The van der Waals surface area contributed by atoms with E-state index in [1.807, 2.05) is 0 Å². The topological polar surface area (TPSA) is 32.5 Å². The van der Waals surface area contributed by atoms with Crippen LogP contribution in [0.1, 0.15) is 18.4 Å². The van der Waals surface area contributed by atoms with Gasteiger partial charge in [0, 0.05) is 47.4 Å². The summed E-state index contributed by atoms with van der Waals surface area (Å²) in [5.74, 6) is 0. The molecule has 0 amide bonds. The van der Waals surface area contributed by atoms with Gasteiger partial charge in [0.1, 0.15) is 0 Å². The van der Waals surface area contributed by atoms with Gasteiger partial charge in [0.15, 0.2) is 0 Å². The van der Waals surface area contributed by atoms with Crippen molar-refractivity contribution in [2.24, 2.45) is 11.1 Å². The third-order valence-corrected chi connectivity index (χ3v) is 6.33. The number of hydrogen-bond donors (Lipinski definition) is 1. The summed E-state index contributed by atoms with van der Waals surface area (Å²) in [5, 5.41) is 0. The molecule has 1 spiro atoms. The van der Waals surface area contributed by atoms with Gasteiger partial charge in [-0.25, -0.2) is 0 Å². The molecular formula is C21H26BrN3. The highest BCUT2D eigenvalue weighted by atomic mass is 79.9. The van der Waals surface area contributed by atoms with Crippen LogP contribution in [0.25, 0.3) is 0 Å². The first kappa shape index (κ1) is 16.9. The van der Waals surface area contributed by atoms with Crippen molar-refractivity contribution in [2.45, 2.75) is 19.3 Å². The quantitative estimate of drug-likeness (QED) is 0.840. The molecule has 2 N–H and O–H groups in total. The normalized spacial score (nSPS) is 19.1. The summed E-state index contributed by atoms with van der Waals surface area (Å²) < 4.78 is 1.15. The number of benzene rings is 2. The van der Waals surface area contributed by atoms with E-state index in [4.69, 9.17) is 5.73 Å². The number of rotatable bonds is 4. The summed E-state index contributed by atoms with van der Waals surface area (Å²) in [6, 6.07) is 17.7. The van der Waals surface area contributed by atoms with Crippen molar-refractivity contribution >= 4 is 27.3 Å². The van der Waals surface area contributed by atoms with Crippen molar-refractivity contribution in [1.82, 2.24) is 0 Å². The van der Waals surface area contributed by atoms with E-state index in [9.17, 15) is 0 Å². The van der Waals surface area contributed by atoms with Crippen LogP contribution < -0.4 is 15.5 Å². The fraction of sp³-hybridized carbons (Fsp3) is 0.429. The average molecular weight is 400 g/mol. The van der Waals surface area contributed by atoms with Crippen LogP contribution >= 0.6 is 15.9 Å². The van der Waals surface area contributed by atoms with Gasteiger partial charge in [-0.2, -0.15) is 0 Å². The van der Waals surface area contributed by atoms with E-state index < -0.39 is 0 Å². The molecule has 3 nitrogen and oxygen atoms in total. The lowest BCUT2D eigenvalue weighted by Crippen LogP contribution is -2.60. The predicted molar refractivity (Wildman–Crippen MR) is 109 cm³/mol. The third kappa shape index (κ3) is 3.56. The molecule has 0 bridgehead atoms. The fourth-order valence-electron chi connectivity index (χ4n) is 4.19. The second-order valence-electron chi connectivity index (χ2n) is 7.52. The van der Waals surface area contributed by atoms with Gasteiger partial charge in [-0.3, -0.25) is 0 Å². The van der Waals surface area contributed by atoms with Gasteiger partial charge in [0.05, 0.1) is 0 Å². The van der Waals surface area contributed by atoms with Gasteiger partial charge in [-0.15, -0.1) is 0 Å². The lowest BCUT2D eigenvalue weighted by atomic mass is 9.71. The Morgan fingerprint density at radius 2 is 1.40 bits per heavy atom. The Balaban J connectivity index is 1.32. The Bertz CT molecular complexity index is 695. The number of nitrogens with zero attached hydrogens (tertiary/aromatic N) is 2. The maximum absolute atomic E-state index is 5.64. The summed E-state index contributed by atoms with van der Waals surface area (Å²) in [5.41, 5.74) is 10.2. The van der Waals surface area contributed by atoms with Crippen LogP contribution in [0.3, 0.4) is 0 Å². The van der Waals surface area contributed by atoms with E-state index in [2.05, 4.69) is 74.3 Å². The molecule has 4 heteroatoms. The summed E-state index contributed by atoms with van der Waals surface area (Å²) in [4.78, 5) is 5.06. The zero-order valence-corrected chi connectivity index (χ0v) is 16.2. The highest BCUT2D eigenvalue weighted by molar-refractivity contribution is 9.10. The molecule has 2 fully saturated rings. The maximum Gasteiger partial charge on any atom is 0.0367 e. The van der Waals surface area contributed by atoms with Crippen LogP contribution in [0, 0.1) is 5.41 Å². The summed E-state index contributed by atoms with van der Waals surface area (Å²) in [6.45, 7) is 5.48. The molecule has 4 rings (SSSR count). The molecule has 2 aliphatic rings. The van der Waals surface area contributed by atoms with Gasteiger partial charge in [-0.1, -0.05) is 28.1 Å². The first-order valence-corrected chi connectivity index (χ1v) is 10.0. The molecule has 132 valence electrons.